The molecule has 0 bridgehead atoms. The number of anilines is 1. The Morgan fingerprint density at radius 2 is 2.00 bits per heavy atom. The number of carbonyl (C=O) groups is 2. The van der Waals surface area contributed by atoms with Gasteiger partial charge in [0.15, 0.2) is 0 Å². The first kappa shape index (κ1) is 13.0. The lowest BCUT2D eigenvalue weighted by atomic mass is 10.1. The fourth-order valence-electron chi connectivity index (χ4n) is 3.13. The molecule has 1 fully saturated rings. The Morgan fingerprint density at radius 1 is 1.30 bits per heavy atom. The Hall–Kier alpha value is -2.04. The number of benzene rings is 1. The van der Waals surface area contributed by atoms with Crippen molar-refractivity contribution >= 4 is 17.6 Å². The number of fused-ring (bicyclic) bond motifs is 1. The minimum absolute atomic E-state index is 0.113. The third-order valence-corrected chi connectivity index (χ3v) is 4.35. The summed E-state index contributed by atoms with van der Waals surface area (Å²) in [6.07, 6.45) is 0. The second-order valence-corrected chi connectivity index (χ2v) is 5.92. The summed E-state index contributed by atoms with van der Waals surface area (Å²) in [7, 11) is 0. The zero-order chi connectivity index (χ0) is 14.5. The number of para-hydroxylation sites is 2. The number of nitrogens with zero attached hydrogens (tertiary/aromatic N) is 1. The van der Waals surface area contributed by atoms with Crippen LogP contribution in [-0.2, 0) is 9.59 Å². The number of amides is 1. The highest BCUT2D eigenvalue weighted by atomic mass is 16.5. The van der Waals surface area contributed by atoms with E-state index in [2.05, 4.69) is 0 Å². The van der Waals surface area contributed by atoms with Crippen molar-refractivity contribution < 1.29 is 19.4 Å². The third kappa shape index (κ3) is 1.77. The van der Waals surface area contributed by atoms with Crippen molar-refractivity contribution in [2.75, 3.05) is 18.1 Å². The Kier molecular flexibility index (Phi) is 2.74. The molecule has 2 unspecified atom stereocenters. The molecule has 20 heavy (non-hydrogen) atoms. The maximum absolute atomic E-state index is 12.7. The number of carbonyl (C=O) groups excluding carboxylic acids is 1. The van der Waals surface area contributed by atoms with Gasteiger partial charge < -0.3 is 14.7 Å². The second-order valence-electron chi connectivity index (χ2n) is 5.92. The fourth-order valence-corrected chi connectivity index (χ4v) is 3.13. The first-order valence-electron chi connectivity index (χ1n) is 6.70. The molecule has 2 aliphatic rings. The van der Waals surface area contributed by atoms with E-state index < -0.39 is 23.2 Å². The van der Waals surface area contributed by atoms with E-state index in [-0.39, 0.29) is 5.91 Å². The van der Waals surface area contributed by atoms with E-state index >= 15 is 0 Å². The molecular formula is C15H17NO4. The normalized spacial score (nSPS) is 26.4. The van der Waals surface area contributed by atoms with Crippen molar-refractivity contribution in [1.82, 2.24) is 0 Å². The summed E-state index contributed by atoms with van der Waals surface area (Å²) in [4.78, 5) is 25.5. The van der Waals surface area contributed by atoms with Crippen LogP contribution in [0.4, 0.5) is 5.69 Å². The second kappa shape index (κ2) is 4.23. The van der Waals surface area contributed by atoms with Gasteiger partial charge in [-0.25, -0.2) is 0 Å². The predicted molar refractivity (Wildman–Crippen MR) is 72.7 cm³/mol. The zero-order valence-electron chi connectivity index (χ0n) is 11.5. The van der Waals surface area contributed by atoms with Gasteiger partial charge in [-0.3, -0.25) is 9.59 Å². The van der Waals surface area contributed by atoms with Crippen molar-refractivity contribution in [2.45, 2.75) is 13.8 Å². The number of hydrogen-bond donors (Lipinski definition) is 1. The van der Waals surface area contributed by atoms with Gasteiger partial charge in [-0.2, -0.15) is 0 Å². The molecule has 0 radical (unpaired) electrons. The van der Waals surface area contributed by atoms with E-state index in [4.69, 9.17) is 4.74 Å². The van der Waals surface area contributed by atoms with Gasteiger partial charge in [-0.1, -0.05) is 26.0 Å². The SMILES string of the molecule is CC1(C)C(C(=O)O)C1C(=O)N1CCOc2ccccc21. The summed E-state index contributed by atoms with van der Waals surface area (Å²) in [5.41, 5.74) is 0.256. The quantitative estimate of drug-likeness (QED) is 0.893. The molecule has 0 aromatic heterocycles. The standard InChI is InChI=1S/C15H17NO4/c1-15(2)11(12(15)14(18)19)13(17)16-7-8-20-10-6-4-3-5-9(10)16/h3-6,11-12H,7-8H2,1-2H3,(H,18,19). The van der Waals surface area contributed by atoms with Crippen LogP contribution < -0.4 is 9.64 Å². The topological polar surface area (TPSA) is 66.8 Å². The lowest BCUT2D eigenvalue weighted by molar-refractivity contribution is -0.140. The number of carboxylic acid groups (broad SMARTS) is 1. The van der Waals surface area contributed by atoms with Crippen molar-refractivity contribution in [2.24, 2.45) is 17.3 Å². The molecule has 1 amide bonds. The first-order chi connectivity index (χ1) is 9.44. The first-order valence-corrected chi connectivity index (χ1v) is 6.70. The third-order valence-electron chi connectivity index (χ3n) is 4.35. The zero-order valence-corrected chi connectivity index (χ0v) is 11.5. The van der Waals surface area contributed by atoms with E-state index in [0.29, 0.717) is 18.9 Å². The molecule has 1 aromatic carbocycles. The summed E-state index contributed by atoms with van der Waals surface area (Å²) in [5, 5.41) is 9.21. The summed E-state index contributed by atoms with van der Waals surface area (Å²) >= 11 is 0. The summed E-state index contributed by atoms with van der Waals surface area (Å²) in [6.45, 7) is 4.57. The monoisotopic (exact) mass is 275 g/mol. The van der Waals surface area contributed by atoms with Crippen LogP contribution in [0.1, 0.15) is 13.8 Å². The van der Waals surface area contributed by atoms with Gasteiger partial charge >= 0.3 is 5.97 Å². The van der Waals surface area contributed by atoms with Crippen LogP contribution in [0.5, 0.6) is 5.75 Å². The van der Waals surface area contributed by atoms with Gasteiger partial charge in [0.05, 0.1) is 24.1 Å². The average molecular weight is 275 g/mol. The smallest absolute Gasteiger partial charge is 0.307 e. The van der Waals surface area contributed by atoms with Crippen molar-refractivity contribution in [3.8, 4) is 5.75 Å². The molecule has 1 heterocycles. The van der Waals surface area contributed by atoms with E-state index in [1.165, 1.54) is 0 Å². The highest BCUT2D eigenvalue weighted by molar-refractivity contribution is 6.02. The molecule has 0 spiro atoms. The van der Waals surface area contributed by atoms with Gasteiger partial charge in [-0.15, -0.1) is 0 Å². The maximum atomic E-state index is 12.7. The van der Waals surface area contributed by atoms with Crippen LogP contribution in [0.25, 0.3) is 0 Å². The molecule has 1 aromatic rings. The Balaban J connectivity index is 1.89. The summed E-state index contributed by atoms with van der Waals surface area (Å²) in [6, 6.07) is 7.35. The molecule has 1 N–H and O–H groups in total. The number of rotatable bonds is 2. The minimum atomic E-state index is -0.894. The van der Waals surface area contributed by atoms with Crippen LogP contribution in [0.15, 0.2) is 24.3 Å². The van der Waals surface area contributed by atoms with Gasteiger partial charge in [0.2, 0.25) is 5.91 Å². The Morgan fingerprint density at radius 3 is 2.65 bits per heavy atom. The van der Waals surface area contributed by atoms with E-state index in [1.54, 1.807) is 4.90 Å². The lowest BCUT2D eigenvalue weighted by Gasteiger charge is -2.30. The molecule has 1 saturated carbocycles. The molecule has 106 valence electrons. The molecule has 5 nitrogen and oxygen atoms in total. The lowest BCUT2D eigenvalue weighted by Crippen LogP contribution is -2.39. The number of hydrogen-bond acceptors (Lipinski definition) is 3. The Labute approximate surface area is 117 Å². The van der Waals surface area contributed by atoms with Gasteiger partial charge in [0, 0.05) is 0 Å². The highest BCUT2D eigenvalue weighted by Gasteiger charge is 2.66. The molecular weight excluding hydrogens is 258 g/mol. The maximum Gasteiger partial charge on any atom is 0.307 e. The van der Waals surface area contributed by atoms with Gasteiger partial charge in [0.1, 0.15) is 12.4 Å². The largest absolute Gasteiger partial charge is 0.490 e. The predicted octanol–water partition coefficient (Wildman–Crippen LogP) is 1.77. The minimum Gasteiger partial charge on any atom is -0.490 e. The summed E-state index contributed by atoms with van der Waals surface area (Å²) in [5.74, 6) is -1.37. The molecule has 2 atom stereocenters. The average Bonchev–Trinajstić information content (AvgIpc) is 3.00. The van der Waals surface area contributed by atoms with Gasteiger partial charge in [0.25, 0.3) is 0 Å². The summed E-state index contributed by atoms with van der Waals surface area (Å²) < 4.78 is 5.52. The van der Waals surface area contributed by atoms with Crippen LogP contribution >= 0.6 is 0 Å². The molecule has 0 saturated heterocycles. The molecule has 5 heteroatoms. The Bertz CT molecular complexity index is 581. The fraction of sp³-hybridized carbons (Fsp3) is 0.467. The van der Waals surface area contributed by atoms with E-state index in [0.717, 1.165) is 5.69 Å². The van der Waals surface area contributed by atoms with Crippen LogP contribution in [0, 0.1) is 17.3 Å². The molecule has 1 aliphatic carbocycles. The number of aliphatic carboxylic acids is 1. The van der Waals surface area contributed by atoms with Gasteiger partial charge in [-0.05, 0) is 17.5 Å². The van der Waals surface area contributed by atoms with Crippen molar-refractivity contribution in [1.29, 1.82) is 0 Å². The highest BCUT2D eigenvalue weighted by Crippen LogP contribution is 2.59. The van der Waals surface area contributed by atoms with E-state index in [9.17, 15) is 14.7 Å². The number of ether oxygens (including phenoxy) is 1. The molecule has 1 aliphatic heterocycles. The number of carboxylic acids is 1. The van der Waals surface area contributed by atoms with Crippen LogP contribution in [0.2, 0.25) is 0 Å². The molecule has 3 rings (SSSR count). The van der Waals surface area contributed by atoms with Crippen LogP contribution in [-0.4, -0.2) is 30.1 Å². The van der Waals surface area contributed by atoms with Crippen molar-refractivity contribution in [3.05, 3.63) is 24.3 Å². The van der Waals surface area contributed by atoms with E-state index in [1.807, 2.05) is 38.1 Å². The van der Waals surface area contributed by atoms with Crippen LogP contribution in [0.3, 0.4) is 0 Å². The van der Waals surface area contributed by atoms with Crippen molar-refractivity contribution in [3.63, 3.8) is 0 Å².